The van der Waals surface area contributed by atoms with Crippen LogP contribution in [0.15, 0.2) is 101 Å². The number of aryl methyl sites for hydroxylation is 1. The summed E-state index contributed by atoms with van der Waals surface area (Å²) in [4.78, 5) is 4.99. The van der Waals surface area contributed by atoms with E-state index in [9.17, 15) is 0 Å². The SMILES string of the molecule is Cc1cc(-c2cccc3ccccc23)nc2cc(-c3cccc4ccccc34)oc12. The van der Waals surface area contributed by atoms with Crippen LogP contribution in [0.5, 0.6) is 0 Å². The fourth-order valence-electron chi connectivity index (χ4n) is 4.34. The first-order valence-corrected chi connectivity index (χ1v) is 10.2. The van der Waals surface area contributed by atoms with E-state index >= 15 is 0 Å². The van der Waals surface area contributed by atoms with Gasteiger partial charge in [0.15, 0.2) is 5.58 Å². The first-order chi connectivity index (χ1) is 14.8. The van der Waals surface area contributed by atoms with Crippen LogP contribution in [-0.4, -0.2) is 4.98 Å². The van der Waals surface area contributed by atoms with Crippen molar-refractivity contribution in [2.24, 2.45) is 0 Å². The Kier molecular flexibility index (Phi) is 3.72. The maximum Gasteiger partial charge on any atom is 0.156 e. The Hall–Kier alpha value is -3.91. The van der Waals surface area contributed by atoms with E-state index in [2.05, 4.69) is 104 Å². The molecular weight excluding hydrogens is 366 g/mol. The average Bonchev–Trinajstić information content (AvgIpc) is 3.23. The Labute approximate surface area is 174 Å². The maximum atomic E-state index is 6.31. The van der Waals surface area contributed by atoms with Crippen LogP contribution in [0, 0.1) is 6.92 Å². The van der Waals surface area contributed by atoms with Crippen molar-refractivity contribution in [2.45, 2.75) is 6.92 Å². The molecule has 0 spiro atoms. The minimum absolute atomic E-state index is 0.849. The molecule has 0 aliphatic rings. The average molecular weight is 385 g/mol. The highest BCUT2D eigenvalue weighted by atomic mass is 16.3. The second-order valence-corrected chi connectivity index (χ2v) is 7.70. The summed E-state index contributed by atoms with van der Waals surface area (Å²) >= 11 is 0. The zero-order chi connectivity index (χ0) is 20.1. The summed E-state index contributed by atoms with van der Waals surface area (Å²) in [7, 11) is 0. The fourth-order valence-corrected chi connectivity index (χ4v) is 4.34. The predicted molar refractivity (Wildman–Crippen MR) is 125 cm³/mol. The van der Waals surface area contributed by atoms with Gasteiger partial charge in [0, 0.05) is 17.2 Å². The van der Waals surface area contributed by atoms with Crippen molar-refractivity contribution in [1.82, 2.24) is 4.98 Å². The molecule has 4 aromatic carbocycles. The number of nitrogens with zero attached hydrogens (tertiary/aromatic N) is 1. The second kappa shape index (κ2) is 6.57. The Balaban J connectivity index is 1.57. The number of fused-ring (bicyclic) bond motifs is 3. The van der Waals surface area contributed by atoms with Crippen molar-refractivity contribution in [3.8, 4) is 22.6 Å². The van der Waals surface area contributed by atoms with Gasteiger partial charge in [-0.2, -0.15) is 0 Å². The highest BCUT2D eigenvalue weighted by Crippen LogP contribution is 2.36. The smallest absolute Gasteiger partial charge is 0.156 e. The van der Waals surface area contributed by atoms with Gasteiger partial charge < -0.3 is 4.42 Å². The highest BCUT2D eigenvalue weighted by Gasteiger charge is 2.14. The van der Waals surface area contributed by atoms with Crippen LogP contribution in [0.25, 0.3) is 55.2 Å². The molecule has 2 aromatic heterocycles. The van der Waals surface area contributed by atoms with E-state index in [0.29, 0.717) is 0 Å². The summed E-state index contributed by atoms with van der Waals surface area (Å²) in [6.45, 7) is 2.09. The summed E-state index contributed by atoms with van der Waals surface area (Å²) in [5.74, 6) is 0.854. The number of furan rings is 1. The molecule has 0 fully saturated rings. The first-order valence-electron chi connectivity index (χ1n) is 10.2. The standard InChI is InChI=1S/C28H19NO/c1-18-16-25(23-14-6-10-19-8-2-4-12-21(19)23)29-26-17-27(30-28(18)26)24-15-7-11-20-9-3-5-13-22(20)24/h2-17H,1H3. The van der Waals surface area contributed by atoms with E-state index in [1.165, 1.54) is 21.5 Å². The van der Waals surface area contributed by atoms with Crippen LogP contribution < -0.4 is 0 Å². The van der Waals surface area contributed by atoms with E-state index < -0.39 is 0 Å². The molecule has 2 heterocycles. The fraction of sp³-hybridized carbons (Fsp3) is 0.0357. The van der Waals surface area contributed by atoms with E-state index in [4.69, 9.17) is 9.40 Å². The minimum Gasteiger partial charge on any atom is -0.454 e. The van der Waals surface area contributed by atoms with Gasteiger partial charge in [-0.1, -0.05) is 84.9 Å². The topological polar surface area (TPSA) is 26.0 Å². The molecule has 6 aromatic rings. The monoisotopic (exact) mass is 385 g/mol. The van der Waals surface area contributed by atoms with Gasteiger partial charge in [-0.3, -0.25) is 0 Å². The van der Waals surface area contributed by atoms with Crippen LogP contribution in [-0.2, 0) is 0 Å². The lowest BCUT2D eigenvalue weighted by molar-refractivity contribution is 0.629. The normalized spacial score (nSPS) is 11.5. The van der Waals surface area contributed by atoms with E-state index in [0.717, 1.165) is 39.2 Å². The number of benzene rings is 4. The third-order valence-electron chi connectivity index (χ3n) is 5.79. The first kappa shape index (κ1) is 17.0. The van der Waals surface area contributed by atoms with Crippen LogP contribution >= 0.6 is 0 Å². The van der Waals surface area contributed by atoms with Gasteiger partial charge in [0.25, 0.3) is 0 Å². The van der Waals surface area contributed by atoms with Crippen molar-refractivity contribution in [3.05, 3.63) is 103 Å². The van der Waals surface area contributed by atoms with Gasteiger partial charge in [-0.25, -0.2) is 4.98 Å². The molecule has 0 saturated carbocycles. The Morgan fingerprint density at radius 2 is 1.23 bits per heavy atom. The third kappa shape index (κ3) is 2.61. The van der Waals surface area contributed by atoms with Gasteiger partial charge >= 0.3 is 0 Å². The molecular formula is C28H19NO. The zero-order valence-electron chi connectivity index (χ0n) is 16.6. The number of hydrogen-bond acceptors (Lipinski definition) is 2. The highest BCUT2D eigenvalue weighted by molar-refractivity contribution is 5.99. The molecule has 2 heteroatoms. The molecule has 0 aliphatic heterocycles. The van der Waals surface area contributed by atoms with Crippen molar-refractivity contribution < 1.29 is 4.42 Å². The van der Waals surface area contributed by atoms with Crippen molar-refractivity contribution in [1.29, 1.82) is 0 Å². The summed E-state index contributed by atoms with van der Waals surface area (Å²) < 4.78 is 6.31. The summed E-state index contributed by atoms with van der Waals surface area (Å²) in [5.41, 5.74) is 6.04. The van der Waals surface area contributed by atoms with E-state index in [1.807, 2.05) is 0 Å². The Morgan fingerprint density at radius 1 is 0.633 bits per heavy atom. The van der Waals surface area contributed by atoms with Crippen molar-refractivity contribution in [2.75, 3.05) is 0 Å². The minimum atomic E-state index is 0.849. The Bertz CT molecular complexity index is 1550. The molecule has 0 aliphatic carbocycles. The largest absolute Gasteiger partial charge is 0.454 e. The van der Waals surface area contributed by atoms with E-state index in [1.54, 1.807) is 0 Å². The summed E-state index contributed by atoms with van der Waals surface area (Å²) in [5, 5.41) is 4.82. The molecule has 0 atom stereocenters. The number of rotatable bonds is 2. The van der Waals surface area contributed by atoms with Crippen LogP contribution in [0.4, 0.5) is 0 Å². The van der Waals surface area contributed by atoms with Crippen molar-refractivity contribution in [3.63, 3.8) is 0 Å². The predicted octanol–water partition coefficient (Wildman–Crippen LogP) is 7.78. The number of aromatic nitrogens is 1. The number of hydrogen-bond donors (Lipinski definition) is 0. The van der Waals surface area contributed by atoms with Crippen LogP contribution in [0.3, 0.4) is 0 Å². The van der Waals surface area contributed by atoms with E-state index in [-0.39, 0.29) is 0 Å². The third-order valence-corrected chi connectivity index (χ3v) is 5.79. The molecule has 142 valence electrons. The lowest BCUT2D eigenvalue weighted by Crippen LogP contribution is -1.88. The molecule has 0 N–H and O–H groups in total. The molecule has 0 radical (unpaired) electrons. The van der Waals surface area contributed by atoms with Gasteiger partial charge in [-0.05, 0) is 40.1 Å². The summed E-state index contributed by atoms with van der Waals surface area (Å²) in [6.07, 6.45) is 0. The van der Waals surface area contributed by atoms with Gasteiger partial charge in [0.05, 0.1) is 5.69 Å². The zero-order valence-corrected chi connectivity index (χ0v) is 16.6. The molecule has 0 unspecified atom stereocenters. The van der Waals surface area contributed by atoms with Crippen LogP contribution in [0.1, 0.15) is 5.56 Å². The van der Waals surface area contributed by atoms with Crippen LogP contribution in [0.2, 0.25) is 0 Å². The molecule has 0 amide bonds. The lowest BCUT2D eigenvalue weighted by Gasteiger charge is -2.07. The maximum absolute atomic E-state index is 6.31. The molecule has 0 bridgehead atoms. The molecule has 2 nitrogen and oxygen atoms in total. The molecule has 6 rings (SSSR count). The van der Waals surface area contributed by atoms with Crippen molar-refractivity contribution >= 4 is 32.6 Å². The Morgan fingerprint density at radius 3 is 1.97 bits per heavy atom. The van der Waals surface area contributed by atoms with Gasteiger partial charge in [0.2, 0.25) is 0 Å². The number of pyridine rings is 1. The summed E-state index contributed by atoms with van der Waals surface area (Å²) in [6, 6.07) is 33.7. The van der Waals surface area contributed by atoms with Gasteiger partial charge in [0.1, 0.15) is 11.3 Å². The quantitative estimate of drug-likeness (QED) is 0.304. The molecule has 0 saturated heterocycles. The lowest BCUT2D eigenvalue weighted by atomic mass is 10.0. The molecule has 30 heavy (non-hydrogen) atoms. The second-order valence-electron chi connectivity index (χ2n) is 7.70. The van der Waals surface area contributed by atoms with Gasteiger partial charge in [-0.15, -0.1) is 0 Å².